The zero-order chi connectivity index (χ0) is 27.2. The average molecular weight is 517 g/mol. The van der Waals surface area contributed by atoms with Crippen LogP contribution in [0, 0.1) is 12.7 Å². The second kappa shape index (κ2) is 12.0. The van der Waals surface area contributed by atoms with Crippen molar-refractivity contribution in [2.24, 2.45) is 0 Å². The number of aliphatic hydroxyl groups excluding tert-OH is 1. The van der Waals surface area contributed by atoms with Crippen molar-refractivity contribution in [2.75, 3.05) is 26.2 Å². The molecule has 3 aromatic rings. The van der Waals surface area contributed by atoms with E-state index in [9.17, 15) is 19.1 Å². The van der Waals surface area contributed by atoms with Crippen molar-refractivity contribution in [3.63, 3.8) is 0 Å². The highest BCUT2D eigenvalue weighted by atomic mass is 19.1. The molecule has 1 amide bonds. The lowest BCUT2D eigenvalue weighted by Crippen LogP contribution is -2.38. The van der Waals surface area contributed by atoms with E-state index in [2.05, 4.69) is 4.90 Å². The summed E-state index contributed by atoms with van der Waals surface area (Å²) in [7, 11) is 0. The zero-order valence-corrected chi connectivity index (χ0v) is 22.0. The van der Waals surface area contributed by atoms with Gasteiger partial charge in [-0.2, -0.15) is 0 Å². The standard InChI is InChI=1S/C31H33FN2O4/c1-4-33(5-2)18-19-34-28(22-10-14-25(32)15-11-22)27(30(36)31(34)37)29(35)23-12-16-26(17-13-23)38-20-24-9-7-6-8-21(24)3/h6-17,28,35H,4-5,18-20H2,1-3H3. The number of amides is 1. The molecule has 38 heavy (non-hydrogen) atoms. The number of carbonyl (C=O) groups is 2. The second-order valence-electron chi connectivity index (χ2n) is 9.31. The summed E-state index contributed by atoms with van der Waals surface area (Å²) >= 11 is 0. The van der Waals surface area contributed by atoms with Crippen LogP contribution in [0.5, 0.6) is 5.75 Å². The topological polar surface area (TPSA) is 70.1 Å². The second-order valence-corrected chi connectivity index (χ2v) is 9.31. The van der Waals surface area contributed by atoms with Gasteiger partial charge >= 0.3 is 0 Å². The summed E-state index contributed by atoms with van der Waals surface area (Å²) in [6.45, 7) is 8.98. The number of benzene rings is 3. The highest BCUT2D eigenvalue weighted by Gasteiger charge is 2.45. The van der Waals surface area contributed by atoms with E-state index in [4.69, 9.17) is 4.74 Å². The first-order valence-corrected chi connectivity index (χ1v) is 12.9. The molecule has 0 radical (unpaired) electrons. The van der Waals surface area contributed by atoms with Crippen molar-refractivity contribution >= 4 is 17.4 Å². The number of carbonyl (C=O) groups excluding carboxylic acids is 2. The number of likely N-dealkylation sites (N-methyl/N-ethyl adjacent to an activating group) is 1. The van der Waals surface area contributed by atoms with Crippen LogP contribution in [0.15, 0.2) is 78.4 Å². The average Bonchev–Trinajstić information content (AvgIpc) is 3.18. The molecule has 1 aliphatic heterocycles. The van der Waals surface area contributed by atoms with Crippen LogP contribution in [0.25, 0.3) is 5.76 Å². The number of ketones is 1. The lowest BCUT2D eigenvalue weighted by Gasteiger charge is -2.28. The monoisotopic (exact) mass is 516 g/mol. The fourth-order valence-electron chi connectivity index (χ4n) is 4.69. The predicted octanol–water partition coefficient (Wildman–Crippen LogP) is 5.48. The lowest BCUT2D eigenvalue weighted by atomic mass is 9.95. The van der Waals surface area contributed by atoms with Gasteiger partial charge in [-0.25, -0.2) is 4.39 Å². The maximum absolute atomic E-state index is 13.7. The Morgan fingerprint density at radius 3 is 2.26 bits per heavy atom. The molecule has 0 aliphatic carbocycles. The highest BCUT2D eigenvalue weighted by Crippen LogP contribution is 2.39. The Labute approximate surface area is 223 Å². The number of halogens is 1. The molecule has 6 nitrogen and oxygen atoms in total. The van der Waals surface area contributed by atoms with Crippen molar-refractivity contribution < 1.29 is 23.8 Å². The van der Waals surface area contributed by atoms with Gasteiger partial charge in [0.15, 0.2) is 0 Å². The molecule has 7 heteroatoms. The van der Waals surface area contributed by atoms with Crippen LogP contribution in [0.2, 0.25) is 0 Å². The summed E-state index contributed by atoms with van der Waals surface area (Å²) in [6, 6.07) is 19.6. The van der Waals surface area contributed by atoms with Gasteiger partial charge in [-0.15, -0.1) is 0 Å². The van der Waals surface area contributed by atoms with Crippen LogP contribution < -0.4 is 4.74 Å². The summed E-state index contributed by atoms with van der Waals surface area (Å²) in [5.74, 6) is -1.51. The Balaban J connectivity index is 1.64. The molecule has 1 heterocycles. The van der Waals surface area contributed by atoms with Crippen molar-refractivity contribution in [1.82, 2.24) is 9.80 Å². The van der Waals surface area contributed by atoms with Gasteiger partial charge in [-0.3, -0.25) is 9.59 Å². The largest absolute Gasteiger partial charge is 0.507 e. The fraction of sp³-hybridized carbons (Fsp3) is 0.290. The van der Waals surface area contributed by atoms with Gasteiger partial charge in [0.05, 0.1) is 11.6 Å². The third-order valence-corrected chi connectivity index (χ3v) is 7.06. The molecule has 3 aromatic carbocycles. The number of hydrogen-bond acceptors (Lipinski definition) is 5. The maximum atomic E-state index is 13.7. The van der Waals surface area contributed by atoms with Gasteiger partial charge in [0.25, 0.3) is 11.7 Å². The third-order valence-electron chi connectivity index (χ3n) is 7.06. The van der Waals surface area contributed by atoms with Crippen LogP contribution in [-0.2, 0) is 16.2 Å². The van der Waals surface area contributed by atoms with Crippen LogP contribution >= 0.6 is 0 Å². The molecule has 0 spiro atoms. The zero-order valence-electron chi connectivity index (χ0n) is 22.0. The molecule has 1 N–H and O–H groups in total. The minimum Gasteiger partial charge on any atom is -0.507 e. The normalized spacial score (nSPS) is 16.9. The van der Waals surface area contributed by atoms with Crippen LogP contribution in [0.4, 0.5) is 4.39 Å². The van der Waals surface area contributed by atoms with E-state index < -0.39 is 23.5 Å². The lowest BCUT2D eigenvalue weighted by molar-refractivity contribution is -0.140. The maximum Gasteiger partial charge on any atom is 0.295 e. The van der Waals surface area contributed by atoms with Crippen molar-refractivity contribution in [3.8, 4) is 5.75 Å². The SMILES string of the molecule is CCN(CC)CCN1C(=O)C(=O)C(=C(O)c2ccc(OCc3ccccc3C)cc2)C1c1ccc(F)cc1. The molecular weight excluding hydrogens is 483 g/mol. The number of aryl methyl sites for hydroxylation is 1. The van der Waals surface area contributed by atoms with Crippen molar-refractivity contribution in [1.29, 1.82) is 0 Å². The summed E-state index contributed by atoms with van der Waals surface area (Å²) in [6.07, 6.45) is 0. The number of nitrogens with zero attached hydrogens (tertiary/aromatic N) is 2. The summed E-state index contributed by atoms with van der Waals surface area (Å²) in [5, 5.41) is 11.3. The third kappa shape index (κ3) is 5.78. The molecule has 1 aliphatic rings. The highest BCUT2D eigenvalue weighted by molar-refractivity contribution is 6.46. The minimum atomic E-state index is -0.817. The number of rotatable bonds is 10. The van der Waals surface area contributed by atoms with Gasteiger partial charge in [0.1, 0.15) is 23.9 Å². The van der Waals surface area contributed by atoms with Crippen LogP contribution in [-0.4, -0.2) is 52.8 Å². The molecule has 198 valence electrons. The Morgan fingerprint density at radius 2 is 1.63 bits per heavy atom. The van der Waals surface area contributed by atoms with E-state index in [0.717, 1.165) is 24.2 Å². The van der Waals surface area contributed by atoms with Crippen LogP contribution in [0.1, 0.15) is 42.1 Å². The number of ether oxygens (including phenoxy) is 1. The Kier molecular flexibility index (Phi) is 8.59. The Morgan fingerprint density at radius 1 is 0.974 bits per heavy atom. The van der Waals surface area contributed by atoms with E-state index in [0.29, 0.717) is 36.6 Å². The number of likely N-dealkylation sites (tertiary alicyclic amines) is 1. The van der Waals surface area contributed by atoms with Crippen molar-refractivity contribution in [2.45, 2.75) is 33.4 Å². The van der Waals surface area contributed by atoms with Gasteiger partial charge in [-0.1, -0.05) is 50.2 Å². The van der Waals surface area contributed by atoms with E-state index >= 15 is 0 Å². The summed E-state index contributed by atoms with van der Waals surface area (Å²) in [5.41, 5.74) is 3.15. The van der Waals surface area contributed by atoms with E-state index in [1.807, 2.05) is 45.0 Å². The molecular formula is C31H33FN2O4. The molecule has 1 unspecified atom stereocenters. The minimum absolute atomic E-state index is 0.00488. The molecule has 4 rings (SSSR count). The quantitative estimate of drug-likeness (QED) is 0.220. The Bertz CT molecular complexity index is 1310. The smallest absolute Gasteiger partial charge is 0.295 e. The number of Topliss-reactive ketones (excluding diaryl/α,β-unsaturated/α-hetero) is 1. The molecule has 1 fully saturated rings. The number of hydrogen-bond donors (Lipinski definition) is 1. The summed E-state index contributed by atoms with van der Waals surface area (Å²) in [4.78, 5) is 29.9. The van der Waals surface area contributed by atoms with Crippen LogP contribution in [0.3, 0.4) is 0 Å². The van der Waals surface area contributed by atoms with Gasteiger partial charge in [0.2, 0.25) is 0 Å². The van der Waals surface area contributed by atoms with E-state index in [1.54, 1.807) is 36.4 Å². The first-order valence-electron chi connectivity index (χ1n) is 12.9. The fourth-order valence-corrected chi connectivity index (χ4v) is 4.69. The molecule has 1 saturated heterocycles. The predicted molar refractivity (Wildman–Crippen MR) is 145 cm³/mol. The molecule has 0 saturated carbocycles. The molecule has 0 aromatic heterocycles. The van der Waals surface area contributed by atoms with Gasteiger partial charge < -0.3 is 19.6 Å². The first-order chi connectivity index (χ1) is 18.3. The molecule has 0 bridgehead atoms. The van der Waals surface area contributed by atoms with Gasteiger partial charge in [0, 0.05) is 18.7 Å². The van der Waals surface area contributed by atoms with Gasteiger partial charge in [-0.05, 0) is 73.1 Å². The first kappa shape index (κ1) is 27.1. The number of aliphatic hydroxyl groups is 1. The molecule has 1 atom stereocenters. The van der Waals surface area contributed by atoms with E-state index in [1.165, 1.54) is 17.0 Å². The van der Waals surface area contributed by atoms with Crippen molar-refractivity contribution in [3.05, 3.63) is 106 Å². The Hall–Kier alpha value is -3.97. The van der Waals surface area contributed by atoms with E-state index in [-0.39, 0.29) is 11.3 Å². The summed E-state index contributed by atoms with van der Waals surface area (Å²) < 4.78 is 19.6.